The van der Waals surface area contributed by atoms with Crippen molar-refractivity contribution in [1.29, 1.82) is 0 Å². The molecule has 0 unspecified atom stereocenters. The average molecular weight is 789 g/mol. The lowest BCUT2D eigenvalue weighted by Crippen LogP contribution is -1.97. The number of hydrogen-bond acceptors (Lipinski definition) is 4. The van der Waals surface area contributed by atoms with Gasteiger partial charge in [-0.15, -0.1) is 0 Å². The van der Waals surface area contributed by atoms with Crippen LogP contribution in [0.1, 0.15) is 0 Å². The van der Waals surface area contributed by atoms with E-state index in [9.17, 15) is 0 Å². The second-order valence-electron chi connectivity index (χ2n) is 15.7. The summed E-state index contributed by atoms with van der Waals surface area (Å²) in [6, 6.07) is 71.8. The van der Waals surface area contributed by atoms with Gasteiger partial charge in [-0.2, -0.15) is 0 Å². The number of benzene rings is 8. The zero-order valence-corrected chi connectivity index (χ0v) is 33.6. The van der Waals surface area contributed by atoms with Gasteiger partial charge >= 0.3 is 0 Å². The van der Waals surface area contributed by atoms with Gasteiger partial charge < -0.3 is 0 Å². The van der Waals surface area contributed by atoms with Crippen LogP contribution in [-0.4, -0.2) is 19.9 Å². The summed E-state index contributed by atoms with van der Waals surface area (Å²) in [5, 5.41) is 16.8. The molecule has 0 aliphatic carbocycles. The molecule has 12 rings (SSSR count). The number of pyridine rings is 2. The Hall–Kier alpha value is -8.34. The molecule has 0 N–H and O–H groups in total. The zero-order chi connectivity index (χ0) is 41.0. The third kappa shape index (κ3) is 5.92. The first-order chi connectivity index (χ1) is 30.8. The highest BCUT2D eigenvalue weighted by atomic mass is 14.9. The van der Waals surface area contributed by atoms with Crippen LogP contribution in [-0.2, 0) is 0 Å². The SMILES string of the molecule is c1ccc(-c2cc(-c3ccc4c5ccccc5c5ccccc5c5ccccc5c5c6ccccc6c6ccccc6c5c4c3)nc(-c3ccc(-c4cccnc4)nc3)n2)cc1. The fourth-order valence-corrected chi connectivity index (χ4v) is 9.38. The van der Waals surface area contributed by atoms with Crippen molar-refractivity contribution in [2.75, 3.05) is 0 Å². The molecule has 0 bridgehead atoms. The van der Waals surface area contributed by atoms with Gasteiger partial charge in [-0.1, -0.05) is 164 Å². The molecular formula is C58H36N4. The molecule has 3 aromatic heterocycles. The van der Waals surface area contributed by atoms with E-state index in [1.165, 1.54) is 64.6 Å². The van der Waals surface area contributed by atoms with Gasteiger partial charge in [0.1, 0.15) is 0 Å². The Balaban J connectivity index is 1.25. The van der Waals surface area contributed by atoms with E-state index in [4.69, 9.17) is 15.0 Å². The monoisotopic (exact) mass is 788 g/mol. The molecule has 0 atom stereocenters. The Morgan fingerprint density at radius 2 is 0.694 bits per heavy atom. The number of hydrogen-bond donors (Lipinski definition) is 0. The van der Waals surface area contributed by atoms with Gasteiger partial charge in [-0.3, -0.25) is 9.97 Å². The number of aromatic nitrogens is 4. The highest BCUT2D eigenvalue weighted by molar-refractivity contribution is 6.38. The van der Waals surface area contributed by atoms with Crippen LogP contribution in [0.2, 0.25) is 0 Å². The lowest BCUT2D eigenvalue weighted by atomic mass is 9.88. The fraction of sp³-hybridized carbons (Fsp3) is 0. The maximum absolute atomic E-state index is 5.34. The molecule has 4 heteroatoms. The van der Waals surface area contributed by atoms with Crippen LogP contribution in [0.3, 0.4) is 0 Å². The predicted octanol–water partition coefficient (Wildman–Crippen LogP) is 15.1. The molecule has 0 radical (unpaired) electrons. The Morgan fingerprint density at radius 3 is 1.19 bits per heavy atom. The fourth-order valence-electron chi connectivity index (χ4n) is 9.38. The standard InChI is InChI=1S/C58H36N4/c1-2-15-37(16-3-1)54-34-55(62-58(61-54)40-29-31-53(60-36-40)39-17-14-32-59-35-39)38-28-30-48-44-21-7-5-19-42(44)41-18-4-6-20-43(41)45-22-8-11-25-49(45)56-50-26-12-9-23-46(50)47-24-10-13-27-51(47)57(56)52(48)33-38/h1-36H. The smallest absolute Gasteiger partial charge is 0.161 e. The first-order valence-electron chi connectivity index (χ1n) is 20.9. The first-order valence-corrected chi connectivity index (χ1v) is 20.9. The highest BCUT2D eigenvalue weighted by Crippen LogP contribution is 2.44. The van der Waals surface area contributed by atoms with Gasteiger partial charge in [0.05, 0.1) is 17.1 Å². The van der Waals surface area contributed by atoms with Crippen molar-refractivity contribution in [3.8, 4) is 45.2 Å². The number of fused-ring (bicyclic) bond motifs is 15. The third-order valence-electron chi connectivity index (χ3n) is 12.2. The van der Waals surface area contributed by atoms with E-state index in [1.54, 1.807) is 6.20 Å². The second-order valence-corrected chi connectivity index (χ2v) is 15.7. The predicted molar refractivity (Wildman–Crippen MR) is 260 cm³/mol. The van der Waals surface area contributed by atoms with E-state index in [0.717, 1.165) is 50.1 Å². The molecule has 0 spiro atoms. The molecule has 0 aliphatic heterocycles. The van der Waals surface area contributed by atoms with Crippen LogP contribution in [0.15, 0.2) is 219 Å². The second kappa shape index (κ2) is 14.7. The third-order valence-corrected chi connectivity index (χ3v) is 12.2. The van der Waals surface area contributed by atoms with E-state index in [0.29, 0.717) is 5.82 Å². The molecule has 62 heavy (non-hydrogen) atoms. The van der Waals surface area contributed by atoms with Crippen LogP contribution in [0.25, 0.3) is 121 Å². The Labute approximate surface area is 357 Å². The van der Waals surface area contributed by atoms with Gasteiger partial charge in [0.25, 0.3) is 0 Å². The van der Waals surface area contributed by atoms with Crippen LogP contribution >= 0.6 is 0 Å². The molecule has 0 fully saturated rings. The molecule has 4 nitrogen and oxygen atoms in total. The largest absolute Gasteiger partial charge is 0.264 e. The van der Waals surface area contributed by atoms with Crippen molar-refractivity contribution in [2.24, 2.45) is 0 Å². The van der Waals surface area contributed by atoms with Gasteiger partial charge in [-0.05, 0) is 112 Å². The summed E-state index contributed by atoms with van der Waals surface area (Å²) in [5.74, 6) is 0.611. The summed E-state index contributed by atoms with van der Waals surface area (Å²) in [7, 11) is 0. The van der Waals surface area contributed by atoms with Gasteiger partial charge in [0, 0.05) is 40.8 Å². The van der Waals surface area contributed by atoms with Crippen LogP contribution < -0.4 is 0 Å². The summed E-state index contributed by atoms with van der Waals surface area (Å²) < 4.78 is 0. The van der Waals surface area contributed by atoms with E-state index >= 15 is 0 Å². The topological polar surface area (TPSA) is 51.6 Å². The zero-order valence-electron chi connectivity index (χ0n) is 33.6. The molecule has 0 saturated carbocycles. The maximum atomic E-state index is 5.34. The Kier molecular flexibility index (Phi) is 8.46. The van der Waals surface area contributed by atoms with Crippen molar-refractivity contribution < 1.29 is 0 Å². The van der Waals surface area contributed by atoms with Gasteiger partial charge in [0.2, 0.25) is 0 Å². The summed E-state index contributed by atoms with van der Waals surface area (Å²) in [4.78, 5) is 19.6. The van der Waals surface area contributed by atoms with Crippen molar-refractivity contribution in [1.82, 2.24) is 19.9 Å². The lowest BCUT2D eigenvalue weighted by molar-refractivity contribution is 1.17. The molecule has 0 aliphatic rings. The minimum absolute atomic E-state index is 0.611. The maximum Gasteiger partial charge on any atom is 0.161 e. The molecule has 9 aromatic carbocycles. The normalized spacial score (nSPS) is 11.5. The molecule has 0 amide bonds. The summed E-state index contributed by atoms with van der Waals surface area (Å²) in [5.41, 5.74) is 6.32. The minimum atomic E-state index is 0.611. The average Bonchev–Trinajstić information content (AvgIpc) is 3.36. The summed E-state index contributed by atoms with van der Waals surface area (Å²) in [6.07, 6.45) is 5.47. The quantitative estimate of drug-likeness (QED) is 0.167. The van der Waals surface area contributed by atoms with Crippen molar-refractivity contribution in [3.63, 3.8) is 0 Å². The summed E-state index contributed by atoms with van der Waals surface area (Å²) >= 11 is 0. The molecule has 288 valence electrons. The van der Waals surface area contributed by atoms with Gasteiger partial charge in [0.15, 0.2) is 5.82 Å². The molecule has 3 heterocycles. The van der Waals surface area contributed by atoms with Gasteiger partial charge in [-0.25, -0.2) is 9.97 Å². The van der Waals surface area contributed by atoms with Crippen molar-refractivity contribution >= 4 is 75.4 Å². The summed E-state index contributed by atoms with van der Waals surface area (Å²) in [6.45, 7) is 0. The van der Waals surface area contributed by atoms with E-state index in [2.05, 4.69) is 181 Å². The molecule has 0 saturated heterocycles. The van der Waals surface area contributed by atoms with Crippen LogP contribution in [0, 0.1) is 0 Å². The number of rotatable bonds is 4. The van der Waals surface area contributed by atoms with E-state index in [-0.39, 0.29) is 0 Å². The Morgan fingerprint density at radius 1 is 0.258 bits per heavy atom. The first kappa shape index (κ1) is 35.6. The molecule has 12 aromatic rings. The molecular weight excluding hydrogens is 753 g/mol. The van der Waals surface area contributed by atoms with E-state index < -0.39 is 0 Å². The van der Waals surface area contributed by atoms with Crippen LogP contribution in [0.5, 0.6) is 0 Å². The van der Waals surface area contributed by atoms with Crippen LogP contribution in [0.4, 0.5) is 0 Å². The highest BCUT2D eigenvalue weighted by Gasteiger charge is 2.17. The van der Waals surface area contributed by atoms with Crippen molar-refractivity contribution in [3.05, 3.63) is 219 Å². The Bertz CT molecular complexity index is 3790. The number of nitrogens with zero attached hydrogens (tertiary/aromatic N) is 4. The lowest BCUT2D eigenvalue weighted by Gasteiger charge is -2.15. The van der Waals surface area contributed by atoms with E-state index in [1.807, 2.05) is 36.7 Å². The minimum Gasteiger partial charge on any atom is -0.264 e. The van der Waals surface area contributed by atoms with Crippen molar-refractivity contribution in [2.45, 2.75) is 0 Å².